The number of carboxylic acid groups (broad SMARTS) is 2. The van der Waals surface area contributed by atoms with Gasteiger partial charge in [0.2, 0.25) is 29.5 Å². The number of aromatic amines is 1. The van der Waals surface area contributed by atoms with E-state index in [-0.39, 0.29) is 294 Å². The molecule has 0 saturated carbocycles. The Balaban J connectivity index is 0.0000378. The predicted molar refractivity (Wildman–Crippen MR) is 440 cm³/mol. The van der Waals surface area contributed by atoms with Crippen LogP contribution in [0, 0.1) is 43.4 Å². The van der Waals surface area contributed by atoms with Crippen molar-refractivity contribution in [3.63, 3.8) is 0 Å². The standard InChI is InChI=1S/C83H124N10O28.2H2/c1-59(94)62(14-4-6-32-86-79(104)56-121-47-43-117-39-35-89-80(105)57-120-46-40-114-36-10-17-68(95)29-30-72(82(108)109)91-77(102)19-9-13-61-22-27-67(28-23-61)93(112)113)49-73(98)63(50-75(100)83(2,3)52-74(99)71(84)51-65-53-85-58-90-65)15-5-7-33-87-78(103)55-119-45-41-115-37-11-18-70(97)54-118-44-42-116-38-34-88-76(101)31-24-64(81(106)107)48-69(96)16-8-12-60-20-25-66(26-21-60)92(110)111;;/h20-23,25-28,53,58,62-64,71-72H,4-19,24,29-52,54-57,84H2,1-3H3,(H,85,90)(H,86,104)(H,87,103)(H,88,101)(H,89,105)(H,91,102)(H,106,107)(H,108,109);2*1H/t62-,63-,64-,71+,72+;;/m1../s1. The summed E-state index contributed by atoms with van der Waals surface area (Å²) in [6.45, 7) is 6.53. The van der Waals surface area contributed by atoms with E-state index in [9.17, 15) is 97.6 Å². The van der Waals surface area contributed by atoms with E-state index in [2.05, 4.69) is 36.6 Å². The molecular formula is C83H128N10O28. The number of non-ortho nitro benzene ring substituents is 2. The second-order valence-electron chi connectivity index (χ2n) is 29.9. The van der Waals surface area contributed by atoms with Crippen LogP contribution in [0.3, 0.4) is 0 Å². The molecule has 38 heteroatoms. The summed E-state index contributed by atoms with van der Waals surface area (Å²) in [5.41, 5.74) is 7.24. The number of hydrogen-bond acceptors (Lipinski definition) is 28. The molecule has 0 bridgehead atoms. The topological polar surface area (TPSA) is 554 Å². The molecule has 5 amide bonds. The maximum atomic E-state index is 14.1. The van der Waals surface area contributed by atoms with Crippen molar-refractivity contribution in [2.45, 2.75) is 193 Å². The Kier molecular flexibility index (Phi) is 54.9. The predicted octanol–water partition coefficient (Wildman–Crippen LogP) is 5.79. The van der Waals surface area contributed by atoms with Gasteiger partial charge < -0.3 is 85.4 Å². The van der Waals surface area contributed by atoms with Gasteiger partial charge in [-0.3, -0.25) is 82.6 Å². The smallest absolute Gasteiger partial charge is 0.326 e. The van der Waals surface area contributed by atoms with Gasteiger partial charge in [-0.25, -0.2) is 9.78 Å². The molecule has 0 saturated heterocycles. The normalized spacial score (nSPS) is 12.6. The van der Waals surface area contributed by atoms with Crippen LogP contribution in [0.25, 0.3) is 0 Å². The number of amides is 5. The molecule has 0 aliphatic rings. The summed E-state index contributed by atoms with van der Waals surface area (Å²) in [5, 5.41) is 54.1. The second kappa shape index (κ2) is 63.1. The first-order chi connectivity index (χ1) is 57.9. The molecule has 10 N–H and O–H groups in total. The average molecular weight is 1710 g/mol. The van der Waals surface area contributed by atoms with Gasteiger partial charge in [0.15, 0.2) is 11.6 Å². The van der Waals surface area contributed by atoms with Gasteiger partial charge in [0.25, 0.3) is 11.4 Å². The molecule has 3 rings (SSSR count). The number of aliphatic carboxylic acids is 2. The fraction of sp³-hybridized carbons (Fsp3) is 0.651. The molecule has 2 aromatic carbocycles. The SMILES string of the molecule is CC(=O)[C@H](CCCCNC(=O)COCCOCCNC(=O)COCCOCCCC(=O)CC[C@H](NC(=O)CCCc1ccc([N+](=O)[O-])cc1)C(=O)O)CC(=O)[C@H](CCCCNC(=O)COCCOCCCC(=O)COCCOCCNC(=O)CC[C@H](CC(=O)CCCc1ccc([N+](=O)[O-])cc1)C(=O)O)CC(=O)C(C)(C)CC(=O)[C@@H](N)Cc1cnc[nH]1.[HH].[HH]. The number of ketones is 7. The number of carbonyl (C=O) groups is 14. The zero-order valence-corrected chi connectivity index (χ0v) is 69.9. The highest BCUT2D eigenvalue weighted by Crippen LogP contribution is 2.31. The minimum Gasteiger partial charge on any atom is -0.481 e. The summed E-state index contributed by atoms with van der Waals surface area (Å²) in [7, 11) is 0. The van der Waals surface area contributed by atoms with Crippen LogP contribution in [-0.4, -0.2) is 256 Å². The number of nitrogens with two attached hydrogens (primary N) is 1. The third-order valence-corrected chi connectivity index (χ3v) is 19.3. The van der Waals surface area contributed by atoms with Gasteiger partial charge in [-0.05, 0) is 95.1 Å². The van der Waals surface area contributed by atoms with E-state index in [4.69, 9.17) is 43.6 Å². The van der Waals surface area contributed by atoms with Crippen LogP contribution in [0.1, 0.15) is 182 Å². The number of carbonyl (C=O) groups excluding carboxylic acids is 12. The number of nitro benzene ring substituents is 2. The summed E-state index contributed by atoms with van der Waals surface area (Å²) in [5.74, 6) is -8.66. The van der Waals surface area contributed by atoms with Crippen LogP contribution < -0.4 is 32.3 Å². The minimum absolute atomic E-state index is 0. The Morgan fingerprint density at radius 1 is 0.463 bits per heavy atom. The number of ether oxygens (including phenoxy) is 8. The fourth-order valence-corrected chi connectivity index (χ4v) is 12.2. The van der Waals surface area contributed by atoms with Gasteiger partial charge in [-0.1, -0.05) is 51.0 Å². The van der Waals surface area contributed by atoms with E-state index in [0.717, 1.165) is 11.1 Å². The molecule has 1 aromatic heterocycles. The Morgan fingerprint density at radius 2 is 0.926 bits per heavy atom. The van der Waals surface area contributed by atoms with Crippen LogP contribution in [0.4, 0.5) is 11.4 Å². The van der Waals surface area contributed by atoms with Gasteiger partial charge in [0.05, 0.1) is 94.2 Å². The van der Waals surface area contributed by atoms with Crippen LogP contribution in [0.5, 0.6) is 0 Å². The average Bonchev–Trinajstić information content (AvgIpc) is 0.875. The van der Waals surface area contributed by atoms with Gasteiger partial charge in [-0.2, -0.15) is 0 Å². The van der Waals surface area contributed by atoms with E-state index in [0.29, 0.717) is 76.3 Å². The van der Waals surface area contributed by atoms with Gasteiger partial charge in [0, 0.05) is 166 Å². The van der Waals surface area contributed by atoms with Gasteiger partial charge in [0.1, 0.15) is 61.4 Å². The lowest BCUT2D eigenvalue weighted by atomic mass is 9.75. The van der Waals surface area contributed by atoms with Crippen molar-refractivity contribution < 1.29 is 128 Å². The minimum atomic E-state index is -1.26. The summed E-state index contributed by atoms with van der Waals surface area (Å²) in [6, 6.07) is 9.79. The van der Waals surface area contributed by atoms with Crippen molar-refractivity contribution in [3.8, 4) is 0 Å². The largest absolute Gasteiger partial charge is 0.481 e. The first-order valence-corrected chi connectivity index (χ1v) is 41.2. The Bertz CT molecular complexity index is 3690. The van der Waals surface area contributed by atoms with Crippen molar-refractivity contribution >= 4 is 93.3 Å². The molecule has 0 unspecified atom stereocenters. The summed E-state index contributed by atoms with van der Waals surface area (Å²) in [4.78, 5) is 205. The molecule has 38 nitrogen and oxygen atoms in total. The number of aromatic nitrogens is 2. The third-order valence-electron chi connectivity index (χ3n) is 19.3. The van der Waals surface area contributed by atoms with E-state index in [1.54, 1.807) is 44.3 Å². The second-order valence-corrected chi connectivity index (χ2v) is 29.9. The number of carboxylic acids is 2. The first kappa shape index (κ1) is 105. The lowest BCUT2D eigenvalue weighted by molar-refractivity contribution is -0.385. The summed E-state index contributed by atoms with van der Waals surface area (Å²) < 4.78 is 43.5. The highest BCUT2D eigenvalue weighted by molar-refractivity contribution is 5.96. The third kappa shape index (κ3) is 51.4. The molecule has 0 aliphatic carbocycles. The molecule has 678 valence electrons. The maximum Gasteiger partial charge on any atom is 0.326 e. The molecule has 1 heterocycles. The van der Waals surface area contributed by atoms with Crippen molar-refractivity contribution in [3.05, 3.63) is 98.1 Å². The number of hydrogen-bond donors (Lipinski definition) is 9. The van der Waals surface area contributed by atoms with E-state index >= 15 is 0 Å². The van der Waals surface area contributed by atoms with Crippen LogP contribution in [0.2, 0.25) is 0 Å². The number of H-pyrrole nitrogens is 1. The highest BCUT2D eigenvalue weighted by atomic mass is 16.6. The lowest BCUT2D eigenvalue weighted by Crippen LogP contribution is -2.41. The number of unbranched alkanes of at least 4 members (excludes halogenated alkanes) is 2. The van der Waals surface area contributed by atoms with Crippen molar-refractivity contribution in [1.82, 2.24) is 36.6 Å². The molecule has 121 heavy (non-hydrogen) atoms. The fourth-order valence-electron chi connectivity index (χ4n) is 12.2. The number of nitrogens with zero attached hydrogens (tertiary/aromatic N) is 3. The van der Waals surface area contributed by atoms with Crippen LogP contribution in [0.15, 0.2) is 61.1 Å². The zero-order valence-electron chi connectivity index (χ0n) is 69.9. The Morgan fingerprint density at radius 3 is 1.41 bits per heavy atom. The van der Waals surface area contributed by atoms with E-state index in [1.807, 2.05) is 0 Å². The number of Topliss-reactive ketones (excluding diaryl/α,β-unsaturated/α-hetero) is 7. The highest BCUT2D eigenvalue weighted by Gasteiger charge is 2.36. The quantitative estimate of drug-likeness (QED) is 0.0183. The van der Waals surface area contributed by atoms with E-state index < -0.39 is 68.9 Å². The molecule has 0 fully saturated rings. The van der Waals surface area contributed by atoms with Crippen LogP contribution >= 0.6 is 0 Å². The lowest BCUT2D eigenvalue weighted by Gasteiger charge is -2.27. The van der Waals surface area contributed by atoms with Gasteiger partial charge >= 0.3 is 11.9 Å². The number of benzene rings is 2. The van der Waals surface area contributed by atoms with Crippen molar-refractivity contribution in [2.24, 2.45) is 28.9 Å². The zero-order chi connectivity index (χ0) is 89.0. The molecule has 3 aromatic rings. The number of aryl methyl sites for hydroxylation is 2. The first-order valence-electron chi connectivity index (χ1n) is 41.2. The van der Waals surface area contributed by atoms with Crippen LogP contribution in [-0.2, 0) is 124 Å². The number of imidazole rings is 1. The monoisotopic (exact) mass is 1710 g/mol. The number of nitrogens with one attached hydrogen (secondary N) is 6. The van der Waals surface area contributed by atoms with E-state index in [1.165, 1.54) is 37.5 Å². The number of nitro groups is 2. The van der Waals surface area contributed by atoms with Gasteiger partial charge in [-0.15, -0.1) is 0 Å². The summed E-state index contributed by atoms with van der Waals surface area (Å²) >= 11 is 0. The summed E-state index contributed by atoms with van der Waals surface area (Å²) in [6.07, 6.45) is 7.88. The maximum absolute atomic E-state index is 14.1. The van der Waals surface area contributed by atoms with Crippen molar-refractivity contribution in [1.29, 1.82) is 0 Å². The Labute approximate surface area is 707 Å². The Hall–Kier alpha value is -9.93. The molecule has 0 aliphatic heterocycles. The number of rotatable bonds is 77. The molecule has 0 radical (unpaired) electrons. The molecule has 5 atom stereocenters. The molecule has 0 spiro atoms. The molecular weight excluding hydrogens is 1580 g/mol. The van der Waals surface area contributed by atoms with Crippen molar-refractivity contribution in [2.75, 3.05) is 132 Å².